The Kier molecular flexibility index (Phi) is 6.29. The van der Waals surface area contributed by atoms with Gasteiger partial charge in [0.2, 0.25) is 0 Å². The first-order valence-electron chi connectivity index (χ1n) is 6.28. The Morgan fingerprint density at radius 1 is 1.56 bits per heavy atom. The van der Waals surface area contributed by atoms with Crippen LogP contribution in [-0.4, -0.2) is 17.5 Å². The molecule has 18 heavy (non-hydrogen) atoms. The summed E-state index contributed by atoms with van der Waals surface area (Å²) in [4.78, 5) is 16.8. The molecule has 1 aromatic heterocycles. The van der Waals surface area contributed by atoms with Gasteiger partial charge in [-0.25, -0.2) is 4.98 Å². The second-order valence-electron chi connectivity index (χ2n) is 4.94. The molecule has 0 radical (unpaired) electrons. The van der Waals surface area contributed by atoms with Crippen molar-refractivity contribution in [3.05, 3.63) is 16.1 Å². The number of thiazole rings is 1. The predicted molar refractivity (Wildman–Crippen MR) is 73.3 cm³/mol. The van der Waals surface area contributed by atoms with Crippen LogP contribution in [0, 0.1) is 18.8 Å². The lowest BCUT2D eigenvalue weighted by molar-refractivity contribution is -0.146. The topological polar surface area (TPSA) is 65.2 Å². The molecule has 0 fully saturated rings. The van der Waals surface area contributed by atoms with Gasteiger partial charge in [0.05, 0.1) is 9.88 Å². The van der Waals surface area contributed by atoms with Gasteiger partial charge in [-0.2, -0.15) is 0 Å². The Balaban J connectivity index is 2.32. The number of aryl methyl sites for hydroxylation is 1. The van der Waals surface area contributed by atoms with Crippen molar-refractivity contribution in [2.24, 2.45) is 17.6 Å². The van der Waals surface area contributed by atoms with E-state index >= 15 is 0 Å². The Hall–Kier alpha value is -0.940. The van der Waals surface area contributed by atoms with Crippen LogP contribution in [0.4, 0.5) is 0 Å². The smallest absolute Gasteiger partial charge is 0.306 e. The SMILES string of the molecule is Cc1ncc(COC(=O)C[C@@H](CN)CC(C)C)s1. The molecule has 1 rings (SSSR count). The Bertz CT molecular complexity index is 377. The number of nitrogens with two attached hydrogens (primary N) is 1. The molecular weight excluding hydrogens is 248 g/mol. The molecular formula is C13H22N2O2S. The van der Waals surface area contributed by atoms with Gasteiger partial charge in [0.1, 0.15) is 6.61 Å². The first-order valence-corrected chi connectivity index (χ1v) is 7.10. The van der Waals surface area contributed by atoms with Gasteiger partial charge in [0.15, 0.2) is 0 Å². The van der Waals surface area contributed by atoms with Crippen LogP contribution in [0.15, 0.2) is 6.20 Å². The molecule has 0 amide bonds. The number of nitrogens with zero attached hydrogens (tertiary/aromatic N) is 1. The normalized spacial score (nSPS) is 12.7. The molecule has 0 bridgehead atoms. The third kappa shape index (κ3) is 5.60. The molecule has 2 N–H and O–H groups in total. The number of ether oxygens (including phenoxy) is 1. The summed E-state index contributed by atoms with van der Waals surface area (Å²) >= 11 is 1.55. The van der Waals surface area contributed by atoms with Crippen LogP contribution >= 0.6 is 11.3 Å². The fraction of sp³-hybridized carbons (Fsp3) is 0.692. The second-order valence-corrected chi connectivity index (χ2v) is 6.26. The predicted octanol–water partition coefficient (Wildman–Crippen LogP) is 2.51. The monoisotopic (exact) mass is 270 g/mol. The maximum atomic E-state index is 11.7. The van der Waals surface area contributed by atoms with Crippen molar-refractivity contribution >= 4 is 17.3 Å². The summed E-state index contributed by atoms with van der Waals surface area (Å²) in [6, 6.07) is 0. The molecule has 0 spiro atoms. The minimum Gasteiger partial charge on any atom is -0.460 e. The highest BCUT2D eigenvalue weighted by Crippen LogP contribution is 2.16. The van der Waals surface area contributed by atoms with E-state index in [1.807, 2.05) is 6.92 Å². The van der Waals surface area contributed by atoms with Gasteiger partial charge in [-0.3, -0.25) is 4.79 Å². The van der Waals surface area contributed by atoms with Crippen molar-refractivity contribution in [3.63, 3.8) is 0 Å². The summed E-state index contributed by atoms with van der Waals surface area (Å²) in [5, 5.41) is 0.987. The number of carbonyl (C=O) groups is 1. The summed E-state index contributed by atoms with van der Waals surface area (Å²) in [6.07, 6.45) is 3.12. The molecule has 0 aliphatic heterocycles. The van der Waals surface area contributed by atoms with Gasteiger partial charge in [-0.15, -0.1) is 11.3 Å². The van der Waals surface area contributed by atoms with E-state index in [2.05, 4.69) is 18.8 Å². The average Bonchev–Trinajstić information content (AvgIpc) is 2.71. The molecule has 0 aliphatic rings. The largest absolute Gasteiger partial charge is 0.460 e. The lowest BCUT2D eigenvalue weighted by Crippen LogP contribution is -2.21. The van der Waals surface area contributed by atoms with Crippen molar-refractivity contribution in [1.82, 2.24) is 4.98 Å². The fourth-order valence-corrected chi connectivity index (χ4v) is 2.56. The van der Waals surface area contributed by atoms with Gasteiger partial charge in [0, 0.05) is 12.6 Å². The standard InChI is InChI=1S/C13H22N2O2S/c1-9(2)4-11(6-14)5-13(16)17-8-12-7-15-10(3)18-12/h7,9,11H,4-6,8,14H2,1-3H3/t11-/m0/s1. The lowest BCUT2D eigenvalue weighted by Gasteiger charge is -2.15. The van der Waals surface area contributed by atoms with Gasteiger partial charge in [-0.05, 0) is 31.7 Å². The van der Waals surface area contributed by atoms with E-state index in [0.717, 1.165) is 16.3 Å². The first kappa shape index (κ1) is 15.1. The summed E-state index contributed by atoms with van der Waals surface area (Å²) < 4.78 is 5.23. The number of esters is 1. The van der Waals surface area contributed by atoms with Crippen molar-refractivity contribution < 1.29 is 9.53 Å². The molecule has 0 saturated heterocycles. The molecule has 1 aromatic rings. The minimum atomic E-state index is -0.169. The number of carbonyl (C=O) groups excluding carboxylic acids is 1. The zero-order chi connectivity index (χ0) is 13.5. The summed E-state index contributed by atoms with van der Waals surface area (Å²) in [5.41, 5.74) is 5.66. The van der Waals surface area contributed by atoms with Crippen LogP contribution in [0.2, 0.25) is 0 Å². The molecule has 1 heterocycles. The number of hydrogen-bond acceptors (Lipinski definition) is 5. The van der Waals surface area contributed by atoms with Gasteiger partial charge in [-0.1, -0.05) is 13.8 Å². The zero-order valence-corrected chi connectivity index (χ0v) is 12.1. The van der Waals surface area contributed by atoms with Crippen LogP contribution in [0.3, 0.4) is 0 Å². The van der Waals surface area contributed by atoms with Crippen molar-refractivity contribution in [2.75, 3.05) is 6.54 Å². The maximum absolute atomic E-state index is 11.7. The average molecular weight is 270 g/mol. The fourth-order valence-electron chi connectivity index (χ4n) is 1.85. The third-order valence-electron chi connectivity index (χ3n) is 2.64. The molecule has 5 heteroatoms. The summed E-state index contributed by atoms with van der Waals surface area (Å²) in [7, 11) is 0. The van der Waals surface area contributed by atoms with Gasteiger partial charge in [0.25, 0.3) is 0 Å². The van der Waals surface area contributed by atoms with Gasteiger partial charge < -0.3 is 10.5 Å². The van der Waals surface area contributed by atoms with Crippen LogP contribution in [0.5, 0.6) is 0 Å². The van der Waals surface area contributed by atoms with E-state index in [0.29, 0.717) is 25.5 Å². The van der Waals surface area contributed by atoms with E-state index in [1.165, 1.54) is 0 Å². The van der Waals surface area contributed by atoms with E-state index in [4.69, 9.17) is 10.5 Å². The van der Waals surface area contributed by atoms with Crippen LogP contribution in [-0.2, 0) is 16.1 Å². The minimum absolute atomic E-state index is 0.169. The van der Waals surface area contributed by atoms with Crippen molar-refractivity contribution in [3.8, 4) is 0 Å². The second kappa shape index (κ2) is 7.48. The molecule has 4 nitrogen and oxygen atoms in total. The van der Waals surface area contributed by atoms with E-state index in [9.17, 15) is 4.79 Å². The molecule has 1 atom stereocenters. The Morgan fingerprint density at radius 2 is 2.28 bits per heavy atom. The maximum Gasteiger partial charge on any atom is 0.306 e. The van der Waals surface area contributed by atoms with Crippen molar-refractivity contribution in [1.29, 1.82) is 0 Å². The summed E-state index contributed by atoms with van der Waals surface area (Å²) in [5.74, 6) is 0.605. The highest BCUT2D eigenvalue weighted by Gasteiger charge is 2.15. The molecule has 102 valence electrons. The van der Waals surface area contributed by atoms with Gasteiger partial charge >= 0.3 is 5.97 Å². The Morgan fingerprint density at radius 3 is 2.78 bits per heavy atom. The Labute approximate surface area is 113 Å². The molecule has 0 aromatic carbocycles. The van der Waals surface area contributed by atoms with Crippen LogP contribution in [0.25, 0.3) is 0 Å². The first-order chi connectivity index (χ1) is 8.51. The highest BCUT2D eigenvalue weighted by atomic mass is 32.1. The lowest BCUT2D eigenvalue weighted by atomic mass is 9.94. The molecule has 0 unspecified atom stereocenters. The third-order valence-corrected chi connectivity index (χ3v) is 3.52. The molecule has 0 aliphatic carbocycles. The van der Waals surface area contributed by atoms with E-state index in [1.54, 1.807) is 17.5 Å². The van der Waals surface area contributed by atoms with Crippen molar-refractivity contribution in [2.45, 2.75) is 40.2 Å². The quantitative estimate of drug-likeness (QED) is 0.773. The number of rotatable bonds is 7. The summed E-state index contributed by atoms with van der Waals surface area (Å²) in [6.45, 7) is 7.06. The number of aromatic nitrogens is 1. The number of hydrogen-bond donors (Lipinski definition) is 1. The highest BCUT2D eigenvalue weighted by molar-refractivity contribution is 7.11. The van der Waals surface area contributed by atoms with Crippen LogP contribution < -0.4 is 5.73 Å². The van der Waals surface area contributed by atoms with Crippen LogP contribution in [0.1, 0.15) is 36.6 Å². The van der Waals surface area contributed by atoms with E-state index < -0.39 is 0 Å². The van der Waals surface area contributed by atoms with E-state index in [-0.39, 0.29) is 11.9 Å². The zero-order valence-electron chi connectivity index (χ0n) is 11.3. The molecule has 0 saturated carbocycles.